The molecule has 1 unspecified atom stereocenters. The zero-order valence-electron chi connectivity index (χ0n) is 15.6. The normalized spacial score (nSPS) is 12.0. The van der Waals surface area contributed by atoms with E-state index in [1.807, 2.05) is 20.9 Å². The molecule has 27 heavy (non-hydrogen) atoms. The minimum Gasteiger partial charge on any atom is -0.489 e. The van der Waals surface area contributed by atoms with Crippen molar-refractivity contribution in [1.82, 2.24) is 20.3 Å². The predicted octanol–water partition coefficient (Wildman–Crippen LogP) is 3.75. The second kappa shape index (κ2) is 7.84. The first-order chi connectivity index (χ1) is 12.9. The number of rotatable bonds is 6. The lowest BCUT2D eigenvalue weighted by atomic mass is 10.1. The largest absolute Gasteiger partial charge is 0.489 e. The summed E-state index contributed by atoms with van der Waals surface area (Å²) in [4.78, 5) is 12.7. The highest BCUT2D eigenvalue weighted by molar-refractivity contribution is 6.30. The highest BCUT2D eigenvalue weighted by Gasteiger charge is 2.23. The molecule has 3 aromatic rings. The van der Waals surface area contributed by atoms with Crippen LogP contribution >= 0.6 is 11.6 Å². The van der Waals surface area contributed by atoms with Crippen LogP contribution in [0, 0.1) is 13.8 Å². The standard InChI is InChI=1S/C19H21ClN4O3/c1-11(16-9-21-24(4)12(16)2)22-19(25)18-17(13(3)27-23-18)10-26-15-7-5-14(20)6-8-15/h5-9,11H,10H2,1-4H3,(H,22,25). The Morgan fingerprint density at radius 3 is 2.67 bits per heavy atom. The molecule has 0 bridgehead atoms. The van der Waals surface area contributed by atoms with Crippen molar-refractivity contribution in [2.24, 2.45) is 7.05 Å². The molecule has 0 radical (unpaired) electrons. The van der Waals surface area contributed by atoms with E-state index in [9.17, 15) is 4.79 Å². The molecule has 0 saturated carbocycles. The molecule has 142 valence electrons. The number of amides is 1. The van der Waals surface area contributed by atoms with Gasteiger partial charge in [-0.05, 0) is 45.0 Å². The first kappa shape index (κ1) is 19.0. The third-order valence-corrected chi connectivity index (χ3v) is 4.74. The minimum atomic E-state index is -0.322. The Labute approximate surface area is 162 Å². The van der Waals surface area contributed by atoms with Gasteiger partial charge in [-0.2, -0.15) is 5.10 Å². The van der Waals surface area contributed by atoms with Crippen LogP contribution in [0.3, 0.4) is 0 Å². The molecule has 7 nitrogen and oxygen atoms in total. The molecule has 0 saturated heterocycles. The summed E-state index contributed by atoms with van der Waals surface area (Å²) in [5.41, 5.74) is 2.77. The van der Waals surface area contributed by atoms with Gasteiger partial charge in [0.15, 0.2) is 5.69 Å². The lowest BCUT2D eigenvalue weighted by molar-refractivity contribution is 0.0928. The van der Waals surface area contributed by atoms with Gasteiger partial charge in [-0.3, -0.25) is 9.48 Å². The van der Waals surface area contributed by atoms with Crippen molar-refractivity contribution in [3.05, 3.63) is 63.8 Å². The summed E-state index contributed by atoms with van der Waals surface area (Å²) in [6, 6.07) is 6.79. The molecule has 1 atom stereocenters. The van der Waals surface area contributed by atoms with Crippen molar-refractivity contribution in [2.75, 3.05) is 0 Å². The zero-order valence-corrected chi connectivity index (χ0v) is 16.4. The average Bonchev–Trinajstić information content (AvgIpc) is 3.17. The first-order valence-electron chi connectivity index (χ1n) is 8.49. The van der Waals surface area contributed by atoms with E-state index in [1.165, 1.54) is 0 Å². The van der Waals surface area contributed by atoms with Crippen LogP contribution in [0.2, 0.25) is 5.02 Å². The van der Waals surface area contributed by atoms with E-state index in [0.29, 0.717) is 22.1 Å². The van der Waals surface area contributed by atoms with E-state index in [2.05, 4.69) is 15.6 Å². The van der Waals surface area contributed by atoms with Gasteiger partial charge in [0.25, 0.3) is 5.91 Å². The number of hydrogen-bond acceptors (Lipinski definition) is 5. The number of aromatic nitrogens is 3. The van der Waals surface area contributed by atoms with Gasteiger partial charge in [0, 0.05) is 23.3 Å². The van der Waals surface area contributed by atoms with E-state index < -0.39 is 0 Å². The topological polar surface area (TPSA) is 82.2 Å². The van der Waals surface area contributed by atoms with Crippen molar-refractivity contribution < 1.29 is 14.1 Å². The number of carbonyl (C=O) groups excluding carboxylic acids is 1. The molecular formula is C19H21ClN4O3. The maximum Gasteiger partial charge on any atom is 0.274 e. The first-order valence-corrected chi connectivity index (χ1v) is 8.87. The van der Waals surface area contributed by atoms with Crippen LogP contribution in [0.4, 0.5) is 0 Å². The Morgan fingerprint density at radius 1 is 1.33 bits per heavy atom. The number of nitrogens with zero attached hydrogens (tertiary/aromatic N) is 3. The molecule has 0 aliphatic heterocycles. The van der Waals surface area contributed by atoms with E-state index in [-0.39, 0.29) is 24.2 Å². The van der Waals surface area contributed by atoms with E-state index in [0.717, 1.165) is 11.3 Å². The number of aryl methyl sites for hydroxylation is 2. The van der Waals surface area contributed by atoms with Crippen LogP contribution < -0.4 is 10.1 Å². The van der Waals surface area contributed by atoms with Crippen molar-refractivity contribution in [3.63, 3.8) is 0 Å². The van der Waals surface area contributed by atoms with Crippen LogP contribution in [0.15, 0.2) is 35.0 Å². The number of benzene rings is 1. The Balaban J connectivity index is 1.72. The number of halogens is 1. The third-order valence-electron chi connectivity index (χ3n) is 4.48. The van der Waals surface area contributed by atoms with Gasteiger partial charge in [0.2, 0.25) is 0 Å². The molecule has 1 amide bonds. The average molecular weight is 389 g/mol. The van der Waals surface area contributed by atoms with Gasteiger partial charge in [0.1, 0.15) is 18.1 Å². The fourth-order valence-corrected chi connectivity index (χ4v) is 2.84. The Hall–Kier alpha value is -2.80. The van der Waals surface area contributed by atoms with Crippen LogP contribution in [-0.4, -0.2) is 20.8 Å². The second-order valence-corrected chi connectivity index (χ2v) is 6.75. The van der Waals surface area contributed by atoms with Crippen LogP contribution in [0.25, 0.3) is 0 Å². The van der Waals surface area contributed by atoms with E-state index in [4.69, 9.17) is 20.9 Å². The predicted molar refractivity (Wildman–Crippen MR) is 101 cm³/mol. The van der Waals surface area contributed by atoms with Gasteiger partial charge in [0.05, 0.1) is 17.8 Å². The summed E-state index contributed by atoms with van der Waals surface area (Å²) in [5.74, 6) is 0.863. The molecule has 0 spiro atoms. The van der Waals surface area contributed by atoms with E-state index >= 15 is 0 Å². The smallest absolute Gasteiger partial charge is 0.274 e. The molecule has 0 aliphatic carbocycles. The lowest BCUT2D eigenvalue weighted by Crippen LogP contribution is -2.28. The number of ether oxygens (including phenoxy) is 1. The molecule has 1 aromatic carbocycles. The molecular weight excluding hydrogens is 368 g/mol. The Bertz CT molecular complexity index is 947. The molecule has 8 heteroatoms. The fraction of sp³-hybridized carbons (Fsp3) is 0.316. The van der Waals surface area contributed by atoms with Crippen molar-refractivity contribution in [3.8, 4) is 5.75 Å². The Morgan fingerprint density at radius 2 is 2.04 bits per heavy atom. The van der Waals surface area contributed by atoms with Gasteiger partial charge in [-0.25, -0.2) is 0 Å². The van der Waals surface area contributed by atoms with Crippen molar-refractivity contribution in [1.29, 1.82) is 0 Å². The van der Waals surface area contributed by atoms with Gasteiger partial charge in [-0.1, -0.05) is 16.8 Å². The summed E-state index contributed by atoms with van der Waals surface area (Å²) in [6.07, 6.45) is 1.75. The maximum atomic E-state index is 12.7. The molecule has 2 aromatic heterocycles. The second-order valence-electron chi connectivity index (χ2n) is 6.31. The summed E-state index contributed by atoms with van der Waals surface area (Å²) < 4.78 is 12.7. The molecule has 0 fully saturated rings. The molecule has 2 heterocycles. The third kappa shape index (κ3) is 4.14. The summed E-state index contributed by atoms with van der Waals surface area (Å²) in [6.45, 7) is 5.77. The molecule has 0 aliphatic rings. The lowest BCUT2D eigenvalue weighted by Gasteiger charge is -2.13. The SMILES string of the molecule is Cc1onc(C(=O)NC(C)c2cnn(C)c2C)c1COc1ccc(Cl)cc1. The fourth-order valence-electron chi connectivity index (χ4n) is 2.71. The highest BCUT2D eigenvalue weighted by Crippen LogP contribution is 2.21. The van der Waals surface area contributed by atoms with Crippen LogP contribution in [0.1, 0.15) is 46.0 Å². The van der Waals surface area contributed by atoms with Crippen molar-refractivity contribution in [2.45, 2.75) is 33.4 Å². The van der Waals surface area contributed by atoms with Crippen LogP contribution in [0.5, 0.6) is 5.75 Å². The number of nitrogens with one attached hydrogen (secondary N) is 1. The zero-order chi connectivity index (χ0) is 19.6. The van der Waals surface area contributed by atoms with Gasteiger partial charge < -0.3 is 14.6 Å². The minimum absolute atomic E-state index is 0.167. The molecule has 1 N–H and O–H groups in total. The van der Waals surface area contributed by atoms with Gasteiger partial charge in [-0.15, -0.1) is 0 Å². The number of hydrogen-bond donors (Lipinski definition) is 1. The molecule has 3 rings (SSSR count). The number of carbonyl (C=O) groups is 1. The summed E-state index contributed by atoms with van der Waals surface area (Å²) in [5, 5.41) is 11.7. The van der Waals surface area contributed by atoms with Gasteiger partial charge >= 0.3 is 0 Å². The quantitative estimate of drug-likeness (QED) is 0.695. The Kier molecular flexibility index (Phi) is 5.51. The highest BCUT2D eigenvalue weighted by atomic mass is 35.5. The summed E-state index contributed by atoms with van der Waals surface area (Å²) >= 11 is 5.88. The maximum absolute atomic E-state index is 12.7. The van der Waals surface area contributed by atoms with Crippen LogP contribution in [-0.2, 0) is 13.7 Å². The van der Waals surface area contributed by atoms with E-state index in [1.54, 1.807) is 42.1 Å². The monoisotopic (exact) mass is 388 g/mol. The van der Waals surface area contributed by atoms with Crippen molar-refractivity contribution >= 4 is 17.5 Å². The summed E-state index contributed by atoms with van der Waals surface area (Å²) in [7, 11) is 1.86.